The van der Waals surface area contributed by atoms with Crippen molar-refractivity contribution in [3.05, 3.63) is 12.2 Å². The van der Waals surface area contributed by atoms with Crippen LogP contribution >= 0.6 is 0 Å². The Morgan fingerprint density at radius 3 is 2.95 bits per heavy atom. The molecule has 0 amide bonds. The van der Waals surface area contributed by atoms with Gasteiger partial charge in [0.25, 0.3) is 0 Å². The first-order valence-corrected chi connectivity index (χ1v) is 8.12. The van der Waals surface area contributed by atoms with Gasteiger partial charge in [0.15, 0.2) is 0 Å². The molecule has 4 atom stereocenters. The maximum absolute atomic E-state index is 12.0. The van der Waals surface area contributed by atoms with E-state index in [1.54, 1.807) is 13.0 Å². The molecule has 0 saturated heterocycles. The maximum Gasteiger partial charge on any atom is 0.311 e. The Morgan fingerprint density at radius 2 is 2.27 bits per heavy atom. The summed E-state index contributed by atoms with van der Waals surface area (Å²) in [7, 11) is 0. The van der Waals surface area contributed by atoms with Crippen molar-refractivity contribution in [1.82, 2.24) is 0 Å². The maximum atomic E-state index is 12.0. The van der Waals surface area contributed by atoms with Crippen LogP contribution in [-0.2, 0) is 19.1 Å². The molecule has 1 aliphatic rings. The van der Waals surface area contributed by atoms with E-state index >= 15 is 0 Å². The van der Waals surface area contributed by atoms with E-state index in [1.807, 2.05) is 13.0 Å². The van der Waals surface area contributed by atoms with Crippen LogP contribution in [0.1, 0.15) is 59.3 Å². The number of cyclic esters (lactones) is 1. The fraction of sp³-hybridized carbons (Fsp3) is 0.765. The van der Waals surface area contributed by atoms with Crippen molar-refractivity contribution in [3.8, 4) is 0 Å². The SMILES string of the molecule is CC(=O)O[C@@H](C)CCC[C@@H]1CCCC=C[C@@H](O)[C@@H](C)C(=O)O1. The highest BCUT2D eigenvalue weighted by Crippen LogP contribution is 2.19. The third kappa shape index (κ3) is 7.07. The number of carbonyl (C=O) groups is 2. The van der Waals surface area contributed by atoms with Crippen LogP contribution in [0.15, 0.2) is 12.2 Å². The van der Waals surface area contributed by atoms with Gasteiger partial charge in [0, 0.05) is 6.92 Å². The van der Waals surface area contributed by atoms with Crippen molar-refractivity contribution in [1.29, 1.82) is 0 Å². The van der Waals surface area contributed by atoms with E-state index in [2.05, 4.69) is 0 Å². The molecule has 1 heterocycles. The second-order valence-electron chi connectivity index (χ2n) is 6.05. The van der Waals surface area contributed by atoms with E-state index in [0.29, 0.717) is 0 Å². The highest BCUT2D eigenvalue weighted by molar-refractivity contribution is 5.73. The number of esters is 2. The van der Waals surface area contributed by atoms with Gasteiger partial charge in [0.05, 0.1) is 18.1 Å². The van der Waals surface area contributed by atoms with Crippen LogP contribution in [0.2, 0.25) is 0 Å². The minimum absolute atomic E-state index is 0.114. The predicted molar refractivity (Wildman–Crippen MR) is 83.1 cm³/mol. The zero-order valence-corrected chi connectivity index (χ0v) is 13.8. The van der Waals surface area contributed by atoms with Crippen LogP contribution in [0.25, 0.3) is 0 Å². The predicted octanol–water partition coefficient (Wildman–Crippen LogP) is 2.76. The van der Waals surface area contributed by atoms with E-state index in [0.717, 1.165) is 38.5 Å². The number of aliphatic hydroxyl groups is 1. The van der Waals surface area contributed by atoms with Crippen molar-refractivity contribution in [2.24, 2.45) is 5.92 Å². The van der Waals surface area contributed by atoms with Crippen molar-refractivity contribution in [2.75, 3.05) is 0 Å². The summed E-state index contributed by atoms with van der Waals surface area (Å²) in [5.74, 6) is -1.17. The third-order valence-electron chi connectivity index (χ3n) is 3.90. The first-order valence-electron chi connectivity index (χ1n) is 8.12. The van der Waals surface area contributed by atoms with Crippen LogP contribution in [0.4, 0.5) is 0 Å². The highest BCUT2D eigenvalue weighted by Gasteiger charge is 2.25. The lowest BCUT2D eigenvalue weighted by Crippen LogP contribution is -2.30. The van der Waals surface area contributed by atoms with Gasteiger partial charge in [-0.2, -0.15) is 0 Å². The summed E-state index contributed by atoms with van der Waals surface area (Å²) in [6.45, 7) is 4.95. The zero-order chi connectivity index (χ0) is 16.5. The lowest BCUT2D eigenvalue weighted by atomic mass is 10.00. The molecule has 0 radical (unpaired) electrons. The minimum atomic E-state index is -0.782. The first-order chi connectivity index (χ1) is 10.4. The fourth-order valence-electron chi connectivity index (χ4n) is 2.51. The molecule has 0 spiro atoms. The van der Waals surface area contributed by atoms with Gasteiger partial charge in [-0.05, 0) is 52.4 Å². The lowest BCUT2D eigenvalue weighted by molar-refractivity contribution is -0.157. The molecule has 0 fully saturated rings. The molecule has 0 aromatic heterocycles. The summed E-state index contributed by atoms with van der Waals surface area (Å²) in [4.78, 5) is 22.9. The molecular weight excluding hydrogens is 284 g/mol. The second-order valence-corrected chi connectivity index (χ2v) is 6.05. The molecule has 0 aliphatic carbocycles. The van der Waals surface area contributed by atoms with Gasteiger partial charge < -0.3 is 14.6 Å². The minimum Gasteiger partial charge on any atom is -0.463 e. The normalized spacial score (nSPS) is 27.8. The van der Waals surface area contributed by atoms with Crippen LogP contribution in [-0.4, -0.2) is 35.4 Å². The Morgan fingerprint density at radius 1 is 1.55 bits per heavy atom. The van der Waals surface area contributed by atoms with Crippen LogP contribution in [0.5, 0.6) is 0 Å². The Balaban J connectivity index is 2.45. The summed E-state index contributed by atoms with van der Waals surface area (Å²) in [5.41, 5.74) is 0. The number of carbonyl (C=O) groups excluding carboxylic acids is 2. The standard InChI is InChI=1S/C17H28O5/c1-12(21-14(3)18)8-7-10-15-9-5-4-6-11-16(19)13(2)17(20)22-15/h6,11-13,15-16,19H,4-5,7-10H2,1-3H3/t12-,13+,15-,16+/m0/s1. The average molecular weight is 312 g/mol. The van der Waals surface area contributed by atoms with Gasteiger partial charge in [-0.3, -0.25) is 9.59 Å². The fourth-order valence-corrected chi connectivity index (χ4v) is 2.51. The molecule has 0 bridgehead atoms. The van der Waals surface area contributed by atoms with Crippen molar-refractivity contribution in [2.45, 2.75) is 77.6 Å². The summed E-state index contributed by atoms with van der Waals surface area (Å²) in [5, 5.41) is 9.85. The molecule has 0 aromatic carbocycles. The Bertz CT molecular complexity index is 391. The summed E-state index contributed by atoms with van der Waals surface area (Å²) >= 11 is 0. The van der Waals surface area contributed by atoms with Gasteiger partial charge in [-0.15, -0.1) is 0 Å². The monoisotopic (exact) mass is 312 g/mol. The average Bonchev–Trinajstić information content (AvgIpc) is 2.43. The van der Waals surface area contributed by atoms with Crippen LogP contribution < -0.4 is 0 Å². The van der Waals surface area contributed by atoms with Crippen LogP contribution in [0, 0.1) is 5.92 Å². The molecule has 5 heteroatoms. The molecule has 5 nitrogen and oxygen atoms in total. The molecule has 1 rings (SSSR count). The van der Waals surface area contributed by atoms with E-state index < -0.39 is 12.0 Å². The topological polar surface area (TPSA) is 72.8 Å². The number of hydrogen-bond donors (Lipinski definition) is 1. The summed E-state index contributed by atoms with van der Waals surface area (Å²) in [6.07, 6.45) is 7.55. The van der Waals surface area contributed by atoms with Crippen LogP contribution in [0.3, 0.4) is 0 Å². The second kappa shape index (κ2) is 9.62. The first kappa shape index (κ1) is 18.7. The van der Waals surface area contributed by atoms with Crippen molar-refractivity contribution in [3.63, 3.8) is 0 Å². The number of rotatable bonds is 5. The van der Waals surface area contributed by atoms with Crippen molar-refractivity contribution >= 4 is 11.9 Å². The molecule has 126 valence electrons. The van der Waals surface area contributed by atoms with Gasteiger partial charge in [-0.1, -0.05) is 12.2 Å². The summed E-state index contributed by atoms with van der Waals surface area (Å²) < 4.78 is 10.6. The van der Waals surface area contributed by atoms with Gasteiger partial charge in [0.1, 0.15) is 6.10 Å². The Labute approximate surface area is 132 Å². The quantitative estimate of drug-likeness (QED) is 0.624. The number of hydrogen-bond acceptors (Lipinski definition) is 5. The largest absolute Gasteiger partial charge is 0.463 e. The number of aliphatic hydroxyl groups excluding tert-OH is 1. The smallest absolute Gasteiger partial charge is 0.311 e. The van der Waals surface area contributed by atoms with E-state index in [4.69, 9.17) is 9.47 Å². The number of ether oxygens (including phenoxy) is 2. The van der Waals surface area contributed by atoms with Crippen molar-refractivity contribution < 1.29 is 24.2 Å². The van der Waals surface area contributed by atoms with E-state index in [9.17, 15) is 14.7 Å². The number of allylic oxidation sites excluding steroid dienone is 1. The van der Waals surface area contributed by atoms with Gasteiger partial charge in [0.2, 0.25) is 0 Å². The lowest BCUT2D eigenvalue weighted by Gasteiger charge is -2.23. The Hall–Kier alpha value is -1.36. The highest BCUT2D eigenvalue weighted by atomic mass is 16.5. The molecule has 0 aromatic rings. The molecule has 22 heavy (non-hydrogen) atoms. The third-order valence-corrected chi connectivity index (χ3v) is 3.90. The molecule has 1 N–H and O–H groups in total. The van der Waals surface area contributed by atoms with E-state index in [-0.39, 0.29) is 24.1 Å². The molecule has 1 aliphatic heterocycles. The molecular formula is C17H28O5. The molecule has 0 saturated carbocycles. The van der Waals surface area contributed by atoms with Gasteiger partial charge in [-0.25, -0.2) is 0 Å². The van der Waals surface area contributed by atoms with Gasteiger partial charge >= 0.3 is 11.9 Å². The zero-order valence-electron chi connectivity index (χ0n) is 13.8. The summed E-state index contributed by atoms with van der Waals surface area (Å²) in [6, 6.07) is 0. The Kier molecular flexibility index (Phi) is 8.17. The van der Waals surface area contributed by atoms with E-state index in [1.165, 1.54) is 6.92 Å². The molecule has 0 unspecified atom stereocenters.